The molecule has 0 aliphatic carbocycles. The number of benzene rings is 2. The minimum absolute atomic E-state index is 0.372. The number of hydrogen-bond acceptors (Lipinski definition) is 4. The largest absolute Gasteiger partial charge is 0.416 e. The second kappa shape index (κ2) is 6.45. The van der Waals surface area contributed by atoms with Crippen LogP contribution in [0.15, 0.2) is 54.0 Å². The fraction of sp³-hybridized carbons (Fsp3) is 0.111. The average molecular weight is 374 g/mol. The molecule has 26 heavy (non-hydrogen) atoms. The summed E-state index contributed by atoms with van der Waals surface area (Å²) in [5, 5.41) is 5.95. The predicted octanol–water partition coefficient (Wildman–Crippen LogP) is 5.32. The Morgan fingerprint density at radius 1 is 1.08 bits per heavy atom. The first kappa shape index (κ1) is 16.6. The van der Waals surface area contributed by atoms with E-state index in [1.165, 1.54) is 12.1 Å². The van der Waals surface area contributed by atoms with Crippen LogP contribution in [0.25, 0.3) is 21.6 Å². The Morgan fingerprint density at radius 3 is 2.58 bits per heavy atom. The normalized spacial score (nSPS) is 11.8. The molecule has 0 aliphatic rings. The first-order chi connectivity index (χ1) is 12.5. The molecule has 2 aromatic carbocycles. The van der Waals surface area contributed by atoms with Gasteiger partial charge in [-0.05, 0) is 35.9 Å². The predicted molar refractivity (Wildman–Crippen MR) is 96.0 cm³/mol. The number of thiazole rings is 1. The molecule has 0 bridgehead atoms. The summed E-state index contributed by atoms with van der Waals surface area (Å²) in [6.45, 7) is 0.372. The van der Waals surface area contributed by atoms with Gasteiger partial charge in [-0.3, -0.25) is 0 Å². The molecule has 4 nitrogen and oxygen atoms in total. The Kier molecular flexibility index (Phi) is 4.12. The number of nitrogens with one attached hydrogen (secondary N) is 2. The molecule has 0 amide bonds. The molecule has 2 aromatic heterocycles. The van der Waals surface area contributed by atoms with Crippen molar-refractivity contribution < 1.29 is 13.2 Å². The van der Waals surface area contributed by atoms with Gasteiger partial charge in [0, 0.05) is 23.7 Å². The zero-order valence-corrected chi connectivity index (χ0v) is 14.2. The lowest BCUT2D eigenvalue weighted by atomic mass is 10.1. The molecular formula is C18H13F3N4S. The Balaban J connectivity index is 1.49. The highest BCUT2D eigenvalue weighted by Crippen LogP contribution is 2.29. The molecule has 4 aromatic rings. The molecule has 0 saturated carbocycles. The van der Waals surface area contributed by atoms with Crippen molar-refractivity contribution in [3.8, 4) is 10.6 Å². The van der Waals surface area contributed by atoms with E-state index < -0.39 is 11.7 Å². The van der Waals surface area contributed by atoms with Gasteiger partial charge in [-0.1, -0.05) is 12.1 Å². The number of aromatic amines is 1. The number of aromatic nitrogens is 3. The molecule has 4 rings (SSSR count). The zero-order valence-electron chi connectivity index (χ0n) is 13.3. The van der Waals surface area contributed by atoms with E-state index in [2.05, 4.69) is 20.3 Å². The Labute approximate surface area is 150 Å². The van der Waals surface area contributed by atoms with Crippen molar-refractivity contribution >= 4 is 28.3 Å². The molecule has 132 valence electrons. The Hall–Kier alpha value is -2.87. The van der Waals surface area contributed by atoms with Crippen LogP contribution < -0.4 is 5.32 Å². The van der Waals surface area contributed by atoms with E-state index in [1.807, 2.05) is 23.6 Å². The summed E-state index contributed by atoms with van der Waals surface area (Å²) in [4.78, 5) is 11.9. The van der Waals surface area contributed by atoms with E-state index in [0.717, 1.165) is 39.3 Å². The average Bonchev–Trinajstić information content (AvgIpc) is 3.28. The summed E-state index contributed by atoms with van der Waals surface area (Å²) >= 11 is 1.56. The Morgan fingerprint density at radius 2 is 1.88 bits per heavy atom. The van der Waals surface area contributed by atoms with Crippen LogP contribution in [0.5, 0.6) is 0 Å². The highest BCUT2D eigenvalue weighted by Gasteiger charge is 2.29. The first-order valence-electron chi connectivity index (χ1n) is 7.79. The van der Waals surface area contributed by atoms with Gasteiger partial charge in [-0.15, -0.1) is 11.3 Å². The van der Waals surface area contributed by atoms with Gasteiger partial charge >= 0.3 is 6.18 Å². The van der Waals surface area contributed by atoms with Crippen LogP contribution in [0.2, 0.25) is 0 Å². The molecule has 0 aliphatic heterocycles. The van der Waals surface area contributed by atoms with Crippen LogP contribution in [0, 0.1) is 0 Å². The lowest BCUT2D eigenvalue weighted by Gasteiger charge is -2.08. The molecule has 0 radical (unpaired) electrons. The van der Waals surface area contributed by atoms with Gasteiger partial charge in [0.15, 0.2) is 0 Å². The van der Waals surface area contributed by atoms with Crippen LogP contribution in [0.3, 0.4) is 0 Å². The van der Waals surface area contributed by atoms with E-state index in [1.54, 1.807) is 17.5 Å². The molecule has 0 atom stereocenters. The van der Waals surface area contributed by atoms with Crippen molar-refractivity contribution in [2.75, 3.05) is 5.32 Å². The summed E-state index contributed by atoms with van der Waals surface area (Å²) < 4.78 is 37.8. The second-order valence-electron chi connectivity index (χ2n) is 5.70. The number of H-pyrrole nitrogens is 1. The maximum atomic E-state index is 12.6. The minimum atomic E-state index is -4.32. The van der Waals surface area contributed by atoms with Gasteiger partial charge in [0.2, 0.25) is 5.95 Å². The maximum absolute atomic E-state index is 12.6. The van der Waals surface area contributed by atoms with Crippen molar-refractivity contribution in [3.05, 3.63) is 65.2 Å². The van der Waals surface area contributed by atoms with Crippen molar-refractivity contribution in [2.24, 2.45) is 0 Å². The fourth-order valence-electron chi connectivity index (χ4n) is 2.59. The molecule has 8 heteroatoms. The van der Waals surface area contributed by atoms with Gasteiger partial charge in [-0.2, -0.15) is 13.2 Å². The highest BCUT2D eigenvalue weighted by molar-refractivity contribution is 7.13. The molecular weight excluding hydrogens is 361 g/mol. The van der Waals surface area contributed by atoms with Crippen LogP contribution >= 0.6 is 11.3 Å². The van der Waals surface area contributed by atoms with Crippen molar-refractivity contribution in [3.63, 3.8) is 0 Å². The van der Waals surface area contributed by atoms with Gasteiger partial charge in [-0.25, -0.2) is 9.97 Å². The van der Waals surface area contributed by atoms with Gasteiger partial charge in [0.05, 0.1) is 16.6 Å². The molecule has 2 heterocycles. The maximum Gasteiger partial charge on any atom is 0.416 e. The van der Waals surface area contributed by atoms with Gasteiger partial charge < -0.3 is 10.3 Å². The van der Waals surface area contributed by atoms with Crippen molar-refractivity contribution in [1.29, 1.82) is 0 Å². The van der Waals surface area contributed by atoms with Crippen LogP contribution in [0.1, 0.15) is 11.1 Å². The minimum Gasteiger partial charge on any atom is -0.352 e. The summed E-state index contributed by atoms with van der Waals surface area (Å²) in [7, 11) is 0. The van der Waals surface area contributed by atoms with E-state index in [0.29, 0.717) is 12.5 Å². The SMILES string of the molecule is FC(F)(F)c1ccc(CNc2nc3ccc(-c4nccs4)cc3[nH]2)cc1. The summed E-state index contributed by atoms with van der Waals surface area (Å²) in [5.41, 5.74) is 2.76. The number of halogens is 3. The number of alkyl halides is 3. The number of rotatable bonds is 4. The topological polar surface area (TPSA) is 53.6 Å². The third-order valence-corrected chi connectivity index (χ3v) is 4.72. The molecule has 0 fully saturated rings. The second-order valence-corrected chi connectivity index (χ2v) is 6.60. The lowest BCUT2D eigenvalue weighted by molar-refractivity contribution is -0.137. The van der Waals surface area contributed by atoms with E-state index in [-0.39, 0.29) is 0 Å². The number of imidazole rings is 1. The zero-order chi connectivity index (χ0) is 18.1. The Bertz CT molecular complexity index is 1020. The number of anilines is 1. The van der Waals surface area contributed by atoms with Gasteiger partial charge in [0.1, 0.15) is 5.01 Å². The summed E-state index contributed by atoms with van der Waals surface area (Å²) in [6, 6.07) is 10.9. The smallest absolute Gasteiger partial charge is 0.352 e. The van der Waals surface area contributed by atoms with Crippen molar-refractivity contribution in [1.82, 2.24) is 15.0 Å². The lowest BCUT2D eigenvalue weighted by Crippen LogP contribution is -2.06. The van der Waals surface area contributed by atoms with E-state index >= 15 is 0 Å². The van der Waals surface area contributed by atoms with Crippen LogP contribution in [0.4, 0.5) is 19.1 Å². The van der Waals surface area contributed by atoms with Gasteiger partial charge in [0.25, 0.3) is 0 Å². The molecule has 0 spiro atoms. The monoisotopic (exact) mass is 374 g/mol. The molecule has 2 N–H and O–H groups in total. The number of hydrogen-bond donors (Lipinski definition) is 2. The quantitative estimate of drug-likeness (QED) is 0.508. The number of fused-ring (bicyclic) bond motifs is 1. The van der Waals surface area contributed by atoms with Crippen LogP contribution in [-0.4, -0.2) is 15.0 Å². The third-order valence-electron chi connectivity index (χ3n) is 3.90. The third kappa shape index (κ3) is 3.41. The molecule has 0 unspecified atom stereocenters. The highest BCUT2D eigenvalue weighted by atomic mass is 32.1. The van der Waals surface area contributed by atoms with Crippen LogP contribution in [-0.2, 0) is 12.7 Å². The van der Waals surface area contributed by atoms with E-state index in [9.17, 15) is 13.2 Å². The fourth-order valence-corrected chi connectivity index (χ4v) is 3.23. The first-order valence-corrected chi connectivity index (χ1v) is 8.67. The summed E-state index contributed by atoms with van der Waals surface area (Å²) in [6.07, 6.45) is -2.56. The summed E-state index contributed by atoms with van der Waals surface area (Å²) in [5.74, 6) is 0.566. The van der Waals surface area contributed by atoms with Crippen molar-refractivity contribution in [2.45, 2.75) is 12.7 Å². The van der Waals surface area contributed by atoms with E-state index in [4.69, 9.17) is 0 Å². The molecule has 0 saturated heterocycles. The number of nitrogens with zero attached hydrogens (tertiary/aromatic N) is 2. The standard InChI is InChI=1S/C18H13F3N4S/c19-18(20,21)13-4-1-11(2-5-13)10-23-17-24-14-6-3-12(9-15(14)25-17)16-22-7-8-26-16/h1-9H,10H2,(H2,23,24,25).